The summed E-state index contributed by atoms with van der Waals surface area (Å²) in [5, 5.41) is 2.89. The van der Waals surface area contributed by atoms with E-state index in [0.29, 0.717) is 10.6 Å². The first-order chi connectivity index (χ1) is 8.97. The summed E-state index contributed by atoms with van der Waals surface area (Å²) in [6, 6.07) is 9.18. The van der Waals surface area contributed by atoms with Crippen LogP contribution in [0.15, 0.2) is 40.9 Å². The highest BCUT2D eigenvalue weighted by atomic mass is 127. The monoisotopic (exact) mass is 453 g/mol. The number of hydrogen-bond acceptors (Lipinski definition) is 1. The Kier molecular flexibility index (Phi) is 4.81. The molecule has 0 atom stereocenters. The molecule has 0 radical (unpaired) electrons. The third-order valence-corrected chi connectivity index (χ3v) is 4.11. The van der Waals surface area contributed by atoms with Gasteiger partial charge in [-0.15, -0.1) is 0 Å². The Balaban J connectivity index is 2.30. The van der Waals surface area contributed by atoms with Crippen molar-refractivity contribution in [2.75, 3.05) is 5.32 Å². The van der Waals surface area contributed by atoms with E-state index in [1.165, 1.54) is 18.2 Å². The van der Waals surface area contributed by atoms with Crippen LogP contribution in [0.25, 0.3) is 0 Å². The molecule has 1 N–H and O–H groups in total. The second kappa shape index (κ2) is 6.19. The lowest BCUT2D eigenvalue weighted by Crippen LogP contribution is -2.14. The fourth-order valence-electron chi connectivity index (χ4n) is 1.45. The topological polar surface area (TPSA) is 29.1 Å². The normalized spacial score (nSPS) is 10.3. The molecule has 6 heteroatoms. The number of carbonyl (C=O) groups excluding carboxylic acids is 1. The summed E-state index contributed by atoms with van der Waals surface area (Å²) < 4.78 is 14.7. The Morgan fingerprint density at radius 1 is 1.26 bits per heavy atom. The van der Waals surface area contributed by atoms with Gasteiger partial charge in [-0.05, 0) is 59.0 Å². The maximum Gasteiger partial charge on any atom is 0.256 e. The minimum atomic E-state index is -0.455. The zero-order chi connectivity index (χ0) is 14.0. The van der Waals surface area contributed by atoms with Gasteiger partial charge in [0, 0.05) is 8.04 Å². The Labute approximate surface area is 136 Å². The zero-order valence-electron chi connectivity index (χ0n) is 9.38. The molecule has 2 aromatic rings. The molecule has 0 aromatic heterocycles. The molecule has 0 spiro atoms. The van der Waals surface area contributed by atoms with Gasteiger partial charge in [0.2, 0.25) is 0 Å². The maximum atomic E-state index is 13.1. The van der Waals surface area contributed by atoms with E-state index < -0.39 is 5.82 Å². The standard InChI is InChI=1S/C13H7BrClFINO/c14-7-1-4-11(17)9(5-7)13(19)18-12-6-8(16)2-3-10(12)15/h1-6H,(H,18,19). The number of nitrogens with one attached hydrogen (secondary N) is 1. The van der Waals surface area contributed by atoms with Crippen molar-refractivity contribution in [2.24, 2.45) is 0 Å². The highest BCUT2D eigenvalue weighted by Gasteiger charge is 2.12. The molecule has 1 amide bonds. The van der Waals surface area contributed by atoms with E-state index in [1.54, 1.807) is 6.07 Å². The lowest BCUT2D eigenvalue weighted by Gasteiger charge is -2.09. The largest absolute Gasteiger partial charge is 0.321 e. The third-order valence-electron chi connectivity index (χ3n) is 2.35. The van der Waals surface area contributed by atoms with Gasteiger partial charge in [-0.1, -0.05) is 27.5 Å². The van der Waals surface area contributed by atoms with Crippen molar-refractivity contribution in [3.63, 3.8) is 0 Å². The smallest absolute Gasteiger partial charge is 0.256 e. The maximum absolute atomic E-state index is 13.1. The summed E-state index contributed by atoms with van der Waals surface area (Å²) in [6.07, 6.45) is 0. The van der Waals surface area contributed by atoms with E-state index in [9.17, 15) is 9.18 Å². The lowest BCUT2D eigenvalue weighted by atomic mass is 10.2. The van der Waals surface area contributed by atoms with Gasteiger partial charge < -0.3 is 5.32 Å². The number of halogens is 4. The van der Waals surface area contributed by atoms with E-state index >= 15 is 0 Å². The van der Waals surface area contributed by atoms with Crippen LogP contribution in [0.1, 0.15) is 10.4 Å². The summed E-state index contributed by atoms with van der Waals surface area (Å²) in [5.41, 5.74) is 0.748. The minimum Gasteiger partial charge on any atom is -0.321 e. The van der Waals surface area contributed by atoms with E-state index in [1.807, 2.05) is 12.1 Å². The molecule has 2 aromatic carbocycles. The summed E-state index contributed by atoms with van der Waals surface area (Å²) >= 11 is 11.3. The molecular weight excluding hydrogens is 447 g/mol. The number of anilines is 1. The van der Waals surface area contributed by atoms with Crippen molar-refractivity contribution >= 4 is 61.7 Å². The predicted molar refractivity (Wildman–Crippen MR) is 86.2 cm³/mol. The highest BCUT2D eigenvalue weighted by Crippen LogP contribution is 2.24. The van der Waals surface area contributed by atoms with Crippen LogP contribution in [0.3, 0.4) is 0 Å². The van der Waals surface area contributed by atoms with E-state index in [0.717, 1.165) is 8.04 Å². The molecule has 0 saturated heterocycles. The summed E-state index contributed by atoms with van der Waals surface area (Å²) in [4.78, 5) is 12.1. The molecule has 0 unspecified atom stereocenters. The third kappa shape index (κ3) is 3.67. The van der Waals surface area contributed by atoms with Crippen LogP contribution in [0.2, 0.25) is 5.02 Å². The predicted octanol–water partition coefficient (Wildman–Crippen LogP) is 5.10. The Bertz CT molecular complexity index is 651. The van der Waals surface area contributed by atoms with Crippen LogP contribution in [0.5, 0.6) is 0 Å². The van der Waals surface area contributed by atoms with E-state index in [4.69, 9.17) is 11.6 Å². The molecule has 98 valence electrons. The van der Waals surface area contributed by atoms with Crippen LogP contribution in [-0.4, -0.2) is 5.91 Å². The molecule has 0 aliphatic carbocycles. The first kappa shape index (κ1) is 14.7. The van der Waals surface area contributed by atoms with Crippen molar-refractivity contribution in [3.05, 3.63) is 60.8 Å². The van der Waals surface area contributed by atoms with Gasteiger partial charge in [0.15, 0.2) is 0 Å². The van der Waals surface area contributed by atoms with Gasteiger partial charge in [0.25, 0.3) is 5.91 Å². The number of amides is 1. The van der Waals surface area contributed by atoms with Gasteiger partial charge in [-0.3, -0.25) is 4.79 Å². The van der Waals surface area contributed by atoms with Gasteiger partial charge in [0.1, 0.15) is 5.82 Å². The number of hydrogen-bond donors (Lipinski definition) is 1. The van der Waals surface area contributed by atoms with Crippen molar-refractivity contribution in [2.45, 2.75) is 0 Å². The highest BCUT2D eigenvalue weighted by molar-refractivity contribution is 14.1. The SMILES string of the molecule is O=C(Nc1cc(F)ccc1Cl)c1cc(Br)ccc1I. The van der Waals surface area contributed by atoms with Crippen LogP contribution >= 0.6 is 50.1 Å². The Morgan fingerprint density at radius 2 is 2.00 bits per heavy atom. The van der Waals surface area contributed by atoms with Crippen molar-refractivity contribution in [1.82, 2.24) is 0 Å². The Hall–Kier alpha value is -0.660. The second-order valence-electron chi connectivity index (χ2n) is 3.70. The van der Waals surface area contributed by atoms with Crippen molar-refractivity contribution in [1.29, 1.82) is 0 Å². The summed E-state index contributed by atoms with van der Waals surface area (Å²) in [7, 11) is 0. The summed E-state index contributed by atoms with van der Waals surface area (Å²) in [5.74, 6) is -0.790. The molecule has 0 bridgehead atoms. The quantitative estimate of drug-likeness (QED) is 0.629. The fourth-order valence-corrected chi connectivity index (χ4v) is 2.56. The van der Waals surface area contributed by atoms with Gasteiger partial charge in [-0.25, -0.2) is 4.39 Å². The van der Waals surface area contributed by atoms with Gasteiger partial charge in [-0.2, -0.15) is 0 Å². The van der Waals surface area contributed by atoms with Crippen LogP contribution in [0, 0.1) is 9.39 Å². The summed E-state index contributed by atoms with van der Waals surface area (Å²) in [6.45, 7) is 0. The average molecular weight is 454 g/mol. The molecule has 0 saturated carbocycles. The van der Waals surface area contributed by atoms with Gasteiger partial charge >= 0.3 is 0 Å². The average Bonchev–Trinajstić information content (AvgIpc) is 2.36. The van der Waals surface area contributed by atoms with Crippen molar-refractivity contribution < 1.29 is 9.18 Å². The molecular formula is C13H7BrClFINO. The van der Waals surface area contributed by atoms with E-state index in [2.05, 4.69) is 43.8 Å². The van der Waals surface area contributed by atoms with Crippen molar-refractivity contribution in [3.8, 4) is 0 Å². The molecule has 0 heterocycles. The molecule has 0 aliphatic rings. The van der Waals surface area contributed by atoms with Crippen LogP contribution in [-0.2, 0) is 0 Å². The number of carbonyl (C=O) groups is 1. The molecule has 2 rings (SSSR count). The molecule has 0 aliphatic heterocycles. The number of rotatable bonds is 2. The first-order valence-electron chi connectivity index (χ1n) is 5.19. The Morgan fingerprint density at radius 3 is 2.74 bits per heavy atom. The molecule has 2 nitrogen and oxygen atoms in total. The molecule has 19 heavy (non-hydrogen) atoms. The second-order valence-corrected chi connectivity index (χ2v) is 6.19. The van der Waals surface area contributed by atoms with Gasteiger partial charge in [0.05, 0.1) is 16.3 Å². The lowest BCUT2D eigenvalue weighted by molar-refractivity contribution is 0.102. The number of benzene rings is 2. The first-order valence-corrected chi connectivity index (χ1v) is 7.44. The fraction of sp³-hybridized carbons (Fsp3) is 0. The molecule has 0 fully saturated rings. The van der Waals surface area contributed by atoms with Crippen LogP contribution < -0.4 is 5.32 Å². The minimum absolute atomic E-state index is 0.252. The van der Waals surface area contributed by atoms with Crippen LogP contribution in [0.4, 0.5) is 10.1 Å². The van der Waals surface area contributed by atoms with E-state index in [-0.39, 0.29) is 11.6 Å². The zero-order valence-corrected chi connectivity index (χ0v) is 13.9.